The fraction of sp³-hybridized carbons (Fsp3) is 0.229. The van der Waals surface area contributed by atoms with Crippen molar-refractivity contribution in [1.29, 1.82) is 0 Å². The number of ether oxygens (including phenoxy) is 1. The smallest absolute Gasteiger partial charge is 0.433 e. The Balaban J connectivity index is 1.27. The summed E-state index contributed by atoms with van der Waals surface area (Å²) in [6.45, 7) is 2.97. The van der Waals surface area contributed by atoms with Crippen molar-refractivity contribution in [3.05, 3.63) is 119 Å². The number of furan rings is 1. The zero-order chi connectivity index (χ0) is 30.9. The summed E-state index contributed by atoms with van der Waals surface area (Å²) >= 11 is 6.02. The number of carbonyl (C=O) groups excluding carboxylic acids is 2. The number of likely N-dealkylation sites (tertiary alicyclic amines) is 2. The highest BCUT2D eigenvalue weighted by molar-refractivity contribution is 6.28. The van der Waals surface area contributed by atoms with Crippen molar-refractivity contribution in [3.63, 3.8) is 0 Å². The largest absolute Gasteiger partial charge is 0.451 e. The summed E-state index contributed by atoms with van der Waals surface area (Å²) in [6, 6.07) is 30.9. The number of fused-ring (bicyclic) bond motifs is 3. The van der Waals surface area contributed by atoms with E-state index in [0.29, 0.717) is 52.5 Å². The first-order chi connectivity index (χ1) is 22.0. The second-order valence-electron chi connectivity index (χ2n) is 11.4. The number of hydrogen-bond acceptors (Lipinski definition) is 7. The van der Waals surface area contributed by atoms with Crippen LogP contribution in [0.25, 0.3) is 22.2 Å². The molecule has 2 saturated heterocycles. The lowest BCUT2D eigenvalue weighted by Gasteiger charge is -2.34. The molecule has 2 aromatic heterocycles. The molecule has 2 amide bonds. The van der Waals surface area contributed by atoms with Gasteiger partial charge in [-0.05, 0) is 48.4 Å². The SMILES string of the molecule is COC(=O)N(NC(=O)c1c(CN2C[C@H]3C[C@@H]2CN3Cc2ccc(Cl)o2)c(-c2ccccc2)nc2ccccc12)c1ccccc1. The lowest BCUT2D eigenvalue weighted by atomic mass is 9.95. The van der Waals surface area contributed by atoms with Crippen molar-refractivity contribution in [2.75, 3.05) is 25.2 Å². The number of benzene rings is 3. The number of nitrogens with one attached hydrogen (secondary N) is 1. The Morgan fingerprint density at radius 2 is 1.58 bits per heavy atom. The van der Waals surface area contributed by atoms with E-state index in [1.807, 2.05) is 66.7 Å². The number of hydrazine groups is 1. The monoisotopic (exact) mass is 621 g/mol. The maximum atomic E-state index is 14.4. The Bertz CT molecular complexity index is 1850. The molecule has 0 radical (unpaired) electrons. The van der Waals surface area contributed by atoms with Crippen molar-refractivity contribution in [3.8, 4) is 11.3 Å². The van der Waals surface area contributed by atoms with Crippen LogP contribution in [0.2, 0.25) is 5.22 Å². The number of piperazine rings is 1. The van der Waals surface area contributed by atoms with Gasteiger partial charge in [0.25, 0.3) is 5.91 Å². The van der Waals surface area contributed by atoms with Gasteiger partial charge in [0.05, 0.1) is 36.1 Å². The van der Waals surface area contributed by atoms with Crippen LogP contribution in [0.4, 0.5) is 10.5 Å². The Kier molecular flexibility index (Phi) is 7.97. The number of hydrogen-bond donors (Lipinski definition) is 1. The van der Waals surface area contributed by atoms with Crippen molar-refractivity contribution in [2.45, 2.75) is 31.6 Å². The van der Waals surface area contributed by atoms with E-state index in [1.165, 1.54) is 7.11 Å². The molecule has 0 saturated carbocycles. The first-order valence-corrected chi connectivity index (χ1v) is 15.3. The quantitative estimate of drug-likeness (QED) is 0.207. The molecule has 1 N–H and O–H groups in total. The lowest BCUT2D eigenvalue weighted by molar-refractivity contribution is 0.0935. The number of anilines is 1. The maximum Gasteiger partial charge on any atom is 0.433 e. The number of para-hydroxylation sites is 2. The van der Waals surface area contributed by atoms with Gasteiger partial charge in [0, 0.05) is 48.2 Å². The highest BCUT2D eigenvalue weighted by atomic mass is 35.5. The summed E-state index contributed by atoms with van der Waals surface area (Å²) in [5.41, 5.74) is 6.98. The van der Waals surface area contributed by atoms with E-state index in [-0.39, 0.29) is 0 Å². The van der Waals surface area contributed by atoms with Crippen molar-refractivity contribution < 1.29 is 18.7 Å². The minimum atomic E-state index is -0.701. The summed E-state index contributed by atoms with van der Waals surface area (Å²) in [4.78, 5) is 37.3. The fourth-order valence-electron chi connectivity index (χ4n) is 6.60. The number of pyridine rings is 1. The fourth-order valence-corrected chi connectivity index (χ4v) is 6.76. The van der Waals surface area contributed by atoms with Crippen LogP contribution in [-0.4, -0.2) is 59.1 Å². The molecule has 3 aromatic carbocycles. The highest BCUT2D eigenvalue weighted by Gasteiger charge is 2.44. The summed E-state index contributed by atoms with van der Waals surface area (Å²) in [7, 11) is 1.29. The Labute approximate surface area is 265 Å². The van der Waals surface area contributed by atoms with Crippen LogP contribution in [-0.2, 0) is 17.8 Å². The molecular formula is C35H32ClN5O4. The van der Waals surface area contributed by atoms with E-state index in [1.54, 1.807) is 30.3 Å². The minimum absolute atomic E-state index is 0.308. The lowest BCUT2D eigenvalue weighted by Crippen LogP contribution is -2.47. The van der Waals surface area contributed by atoms with E-state index >= 15 is 0 Å². The molecule has 9 nitrogen and oxygen atoms in total. The van der Waals surface area contributed by atoms with Crippen molar-refractivity contribution >= 4 is 40.2 Å². The zero-order valence-corrected chi connectivity index (χ0v) is 25.5. The number of halogens is 1. The molecular weight excluding hydrogens is 590 g/mol. The molecule has 5 aromatic rings. The van der Waals surface area contributed by atoms with Gasteiger partial charge in [-0.25, -0.2) is 9.78 Å². The van der Waals surface area contributed by atoms with Gasteiger partial charge in [-0.3, -0.25) is 20.0 Å². The second-order valence-corrected chi connectivity index (χ2v) is 11.8. The van der Waals surface area contributed by atoms with Gasteiger partial charge >= 0.3 is 6.09 Å². The highest BCUT2D eigenvalue weighted by Crippen LogP contribution is 2.37. The van der Waals surface area contributed by atoms with Crippen LogP contribution in [0.5, 0.6) is 0 Å². The first kappa shape index (κ1) is 29.0. The van der Waals surface area contributed by atoms with Crippen molar-refractivity contribution in [1.82, 2.24) is 20.2 Å². The summed E-state index contributed by atoms with van der Waals surface area (Å²) in [5, 5.41) is 2.25. The van der Waals surface area contributed by atoms with E-state index < -0.39 is 12.0 Å². The van der Waals surface area contributed by atoms with Crippen LogP contribution >= 0.6 is 11.6 Å². The van der Waals surface area contributed by atoms with Crippen LogP contribution < -0.4 is 10.4 Å². The number of methoxy groups -OCH3 is 1. The van der Waals surface area contributed by atoms with E-state index in [0.717, 1.165) is 47.1 Å². The Morgan fingerprint density at radius 3 is 2.24 bits per heavy atom. The molecule has 2 bridgehead atoms. The summed E-state index contributed by atoms with van der Waals surface area (Å²) in [6.07, 6.45) is 0.328. The van der Waals surface area contributed by atoms with Gasteiger partial charge in [-0.2, -0.15) is 5.01 Å². The predicted molar refractivity (Wildman–Crippen MR) is 173 cm³/mol. The maximum absolute atomic E-state index is 14.4. The van der Waals surface area contributed by atoms with Crippen LogP contribution in [0.1, 0.15) is 28.1 Å². The third-order valence-corrected chi connectivity index (χ3v) is 8.87. The molecule has 2 atom stereocenters. The van der Waals surface area contributed by atoms with Crippen LogP contribution in [0, 0.1) is 0 Å². The van der Waals surface area contributed by atoms with E-state index in [4.69, 9.17) is 25.7 Å². The number of rotatable bonds is 7. The molecule has 0 aliphatic carbocycles. The van der Waals surface area contributed by atoms with Crippen molar-refractivity contribution in [2.24, 2.45) is 0 Å². The summed E-state index contributed by atoms with van der Waals surface area (Å²) in [5.74, 6) is 0.437. The number of nitrogens with zero attached hydrogens (tertiary/aromatic N) is 4. The summed E-state index contributed by atoms with van der Waals surface area (Å²) < 4.78 is 10.7. The third-order valence-electron chi connectivity index (χ3n) is 8.67. The number of amides is 2. The molecule has 10 heteroatoms. The van der Waals surface area contributed by atoms with E-state index in [9.17, 15) is 9.59 Å². The predicted octanol–water partition coefficient (Wildman–Crippen LogP) is 6.52. The molecule has 228 valence electrons. The van der Waals surface area contributed by atoms with Gasteiger partial charge < -0.3 is 9.15 Å². The Hall–Kier alpha value is -4.70. The molecule has 7 rings (SSSR count). The van der Waals surface area contributed by atoms with Gasteiger partial charge in [0.2, 0.25) is 0 Å². The van der Waals surface area contributed by atoms with Crippen LogP contribution in [0.3, 0.4) is 0 Å². The Morgan fingerprint density at radius 1 is 0.911 bits per heavy atom. The number of aromatic nitrogens is 1. The average Bonchev–Trinajstić information content (AvgIpc) is 3.79. The average molecular weight is 622 g/mol. The zero-order valence-electron chi connectivity index (χ0n) is 24.7. The first-order valence-electron chi connectivity index (χ1n) is 14.9. The molecule has 2 aliphatic heterocycles. The number of carbonyl (C=O) groups is 2. The normalized spacial score (nSPS) is 17.9. The van der Waals surface area contributed by atoms with Gasteiger partial charge in [0.15, 0.2) is 5.22 Å². The molecule has 45 heavy (non-hydrogen) atoms. The molecule has 4 heterocycles. The second kappa shape index (κ2) is 12.4. The van der Waals surface area contributed by atoms with Gasteiger partial charge in [-0.15, -0.1) is 0 Å². The van der Waals surface area contributed by atoms with Gasteiger partial charge in [-0.1, -0.05) is 66.7 Å². The molecule has 0 spiro atoms. The minimum Gasteiger partial charge on any atom is -0.451 e. The van der Waals surface area contributed by atoms with Crippen LogP contribution in [0.15, 0.2) is 101 Å². The molecule has 2 aliphatic rings. The molecule has 2 fully saturated rings. The van der Waals surface area contributed by atoms with E-state index in [2.05, 4.69) is 15.2 Å². The third kappa shape index (κ3) is 5.78. The van der Waals surface area contributed by atoms with Gasteiger partial charge in [0.1, 0.15) is 5.76 Å². The topological polar surface area (TPSA) is 91.2 Å². The molecule has 0 unspecified atom stereocenters. The standard InChI is InChI=1S/C35H32ClN5O4/c1-44-35(43)41(24-12-6-3-7-13-24)38-34(42)32-28-14-8-9-15-30(28)37-33(23-10-4-2-5-11-23)29(32)22-40-20-25-18-26(40)19-39(25)21-27-16-17-31(36)45-27/h2-17,25-26H,18-22H2,1H3,(H,38,42)/t25-,26-/m1/s1.